The molecule has 1 aliphatic rings. The number of amides is 3. The lowest BCUT2D eigenvalue weighted by atomic mass is 10.1. The fraction of sp³-hybridized carbons (Fsp3) is 0.154. The summed E-state index contributed by atoms with van der Waals surface area (Å²) in [6.45, 7) is 1.74. The molecule has 178 valence electrons. The average Bonchev–Trinajstić information content (AvgIpc) is 3.10. The summed E-state index contributed by atoms with van der Waals surface area (Å²) >= 11 is 5.88. The topological polar surface area (TPSA) is 84.0 Å². The van der Waals surface area contributed by atoms with Crippen molar-refractivity contribution < 1.29 is 28.3 Å². The van der Waals surface area contributed by atoms with Gasteiger partial charge in [-0.1, -0.05) is 23.7 Å². The van der Waals surface area contributed by atoms with Crippen molar-refractivity contribution in [3.8, 4) is 0 Å². The van der Waals surface area contributed by atoms with Crippen molar-refractivity contribution in [1.82, 2.24) is 4.90 Å². The number of hydrogen-bond acceptors (Lipinski definition) is 5. The van der Waals surface area contributed by atoms with E-state index in [0.29, 0.717) is 22.8 Å². The number of anilines is 1. The minimum Gasteiger partial charge on any atom is -0.452 e. The van der Waals surface area contributed by atoms with Crippen LogP contribution in [-0.2, 0) is 16.1 Å². The van der Waals surface area contributed by atoms with Crippen LogP contribution in [0.3, 0.4) is 0 Å². The first kappa shape index (κ1) is 24.1. The van der Waals surface area contributed by atoms with Gasteiger partial charge in [-0.2, -0.15) is 0 Å². The smallest absolute Gasteiger partial charge is 0.338 e. The van der Waals surface area contributed by atoms with E-state index < -0.39 is 36.1 Å². The molecule has 0 unspecified atom stereocenters. The van der Waals surface area contributed by atoms with Gasteiger partial charge < -0.3 is 9.64 Å². The molecule has 0 aliphatic carbocycles. The molecule has 0 atom stereocenters. The van der Waals surface area contributed by atoms with E-state index in [1.807, 2.05) is 0 Å². The lowest BCUT2D eigenvalue weighted by Gasteiger charge is -2.21. The largest absolute Gasteiger partial charge is 0.452 e. The summed E-state index contributed by atoms with van der Waals surface area (Å²) in [6.07, 6.45) is 0. The Morgan fingerprint density at radius 1 is 0.971 bits per heavy atom. The third-order valence-electron chi connectivity index (χ3n) is 5.53. The molecule has 35 heavy (non-hydrogen) atoms. The Kier molecular flexibility index (Phi) is 6.93. The summed E-state index contributed by atoms with van der Waals surface area (Å²) in [5, 5.41) is 0.461. The molecule has 3 amide bonds. The predicted octanol–water partition coefficient (Wildman–Crippen LogP) is 4.49. The van der Waals surface area contributed by atoms with Crippen molar-refractivity contribution in [2.24, 2.45) is 0 Å². The summed E-state index contributed by atoms with van der Waals surface area (Å²) in [6, 6.07) is 16.1. The fourth-order valence-electron chi connectivity index (χ4n) is 3.73. The van der Waals surface area contributed by atoms with Crippen LogP contribution in [0.15, 0.2) is 66.7 Å². The predicted molar refractivity (Wildman–Crippen MR) is 127 cm³/mol. The number of nitrogens with zero attached hydrogens (tertiary/aromatic N) is 2. The molecule has 0 bridgehead atoms. The fourth-order valence-corrected chi connectivity index (χ4v) is 3.85. The zero-order valence-electron chi connectivity index (χ0n) is 18.7. The van der Waals surface area contributed by atoms with Gasteiger partial charge in [-0.3, -0.25) is 14.4 Å². The first-order valence-corrected chi connectivity index (χ1v) is 11.1. The summed E-state index contributed by atoms with van der Waals surface area (Å²) < 4.78 is 18.6. The highest BCUT2D eigenvalue weighted by molar-refractivity contribution is 6.35. The van der Waals surface area contributed by atoms with E-state index in [1.165, 1.54) is 35.2 Å². The van der Waals surface area contributed by atoms with Gasteiger partial charge in [0.05, 0.1) is 22.4 Å². The van der Waals surface area contributed by atoms with Crippen molar-refractivity contribution in [2.75, 3.05) is 18.1 Å². The van der Waals surface area contributed by atoms with Crippen LogP contribution in [-0.4, -0.2) is 41.7 Å². The second-order valence-corrected chi connectivity index (χ2v) is 8.23. The molecule has 1 aliphatic heterocycles. The van der Waals surface area contributed by atoms with Gasteiger partial charge in [0.25, 0.3) is 17.7 Å². The van der Waals surface area contributed by atoms with Gasteiger partial charge in [-0.05, 0) is 67.1 Å². The highest BCUT2D eigenvalue weighted by Crippen LogP contribution is 2.30. The maximum absolute atomic E-state index is 13.4. The van der Waals surface area contributed by atoms with Gasteiger partial charge in [0.15, 0.2) is 6.61 Å². The Morgan fingerprint density at radius 3 is 2.37 bits per heavy atom. The van der Waals surface area contributed by atoms with Crippen LogP contribution in [0.4, 0.5) is 10.1 Å². The monoisotopic (exact) mass is 494 g/mol. The second kappa shape index (κ2) is 10.1. The van der Waals surface area contributed by atoms with Gasteiger partial charge in [-0.25, -0.2) is 14.1 Å². The third kappa shape index (κ3) is 5.07. The Labute approximate surface area is 205 Å². The van der Waals surface area contributed by atoms with Crippen LogP contribution in [0.5, 0.6) is 0 Å². The number of imide groups is 1. The van der Waals surface area contributed by atoms with Crippen LogP contribution in [0, 0.1) is 5.82 Å². The molecule has 0 aromatic heterocycles. The standard InChI is InChI=1S/C26H20ClFN2O5/c1-2-29(14-16-4-3-5-19(28)12-16)23(31)15-35-26(34)17-6-11-21-22(13-17)25(33)30(24(21)32)20-9-7-18(27)8-10-20/h3-13H,2,14-15H2,1H3. The molecule has 0 spiro atoms. The number of halogens is 2. The van der Waals surface area contributed by atoms with Crippen LogP contribution < -0.4 is 4.90 Å². The zero-order valence-corrected chi connectivity index (χ0v) is 19.4. The number of likely N-dealkylation sites (N-methyl/N-ethyl adjacent to an activating group) is 1. The second-order valence-electron chi connectivity index (χ2n) is 7.80. The van der Waals surface area contributed by atoms with Crippen LogP contribution in [0.25, 0.3) is 0 Å². The molecule has 0 fully saturated rings. The summed E-state index contributed by atoms with van der Waals surface area (Å²) in [4.78, 5) is 53.2. The molecular weight excluding hydrogens is 475 g/mol. The molecule has 0 radical (unpaired) electrons. The molecule has 0 saturated heterocycles. The molecule has 4 rings (SSSR count). The van der Waals surface area contributed by atoms with E-state index in [2.05, 4.69) is 0 Å². The maximum atomic E-state index is 13.4. The van der Waals surface area contributed by atoms with Crippen molar-refractivity contribution in [3.63, 3.8) is 0 Å². The van der Waals surface area contributed by atoms with Crippen molar-refractivity contribution >= 4 is 41.0 Å². The number of carbonyl (C=O) groups is 4. The van der Waals surface area contributed by atoms with E-state index in [9.17, 15) is 23.6 Å². The number of carbonyl (C=O) groups excluding carboxylic acids is 4. The van der Waals surface area contributed by atoms with Gasteiger partial charge in [0.2, 0.25) is 0 Å². The number of hydrogen-bond donors (Lipinski definition) is 0. The quantitative estimate of drug-likeness (QED) is 0.357. The normalized spacial score (nSPS) is 12.5. The summed E-state index contributed by atoms with van der Waals surface area (Å²) in [5.74, 6) is -2.76. The molecule has 3 aromatic rings. The molecule has 9 heteroatoms. The summed E-state index contributed by atoms with van der Waals surface area (Å²) in [7, 11) is 0. The maximum Gasteiger partial charge on any atom is 0.338 e. The zero-order chi connectivity index (χ0) is 25.1. The Balaban J connectivity index is 1.43. The summed E-state index contributed by atoms with van der Waals surface area (Å²) in [5.41, 5.74) is 1.22. The van der Waals surface area contributed by atoms with Crippen molar-refractivity contribution in [1.29, 1.82) is 0 Å². The Bertz CT molecular complexity index is 1330. The van der Waals surface area contributed by atoms with E-state index in [0.717, 1.165) is 4.90 Å². The Morgan fingerprint density at radius 2 is 1.69 bits per heavy atom. The van der Waals surface area contributed by atoms with Crippen LogP contribution in [0.2, 0.25) is 5.02 Å². The minimum absolute atomic E-state index is 0.0313. The van der Waals surface area contributed by atoms with Crippen molar-refractivity contribution in [3.05, 3.63) is 99.8 Å². The van der Waals surface area contributed by atoms with Gasteiger partial charge in [0.1, 0.15) is 5.82 Å². The molecule has 7 nitrogen and oxygen atoms in total. The highest BCUT2D eigenvalue weighted by Gasteiger charge is 2.37. The molecule has 3 aromatic carbocycles. The van der Waals surface area contributed by atoms with E-state index in [-0.39, 0.29) is 23.2 Å². The molecule has 1 heterocycles. The number of rotatable bonds is 7. The number of fused-ring (bicyclic) bond motifs is 1. The SMILES string of the molecule is CCN(Cc1cccc(F)c1)C(=O)COC(=O)c1ccc2c(c1)C(=O)N(c1ccc(Cl)cc1)C2=O. The van der Waals surface area contributed by atoms with Crippen molar-refractivity contribution in [2.45, 2.75) is 13.5 Å². The number of ether oxygens (including phenoxy) is 1. The Hall–Kier alpha value is -4.04. The first-order chi connectivity index (χ1) is 16.8. The molecule has 0 N–H and O–H groups in total. The molecular formula is C26H20ClFN2O5. The lowest BCUT2D eigenvalue weighted by molar-refractivity contribution is -0.134. The average molecular weight is 495 g/mol. The third-order valence-corrected chi connectivity index (χ3v) is 5.78. The minimum atomic E-state index is -0.812. The number of esters is 1. The van der Waals surface area contributed by atoms with Crippen LogP contribution >= 0.6 is 11.6 Å². The van der Waals surface area contributed by atoms with E-state index >= 15 is 0 Å². The van der Waals surface area contributed by atoms with Crippen LogP contribution in [0.1, 0.15) is 43.6 Å². The van der Waals surface area contributed by atoms with E-state index in [1.54, 1.807) is 43.3 Å². The molecule has 0 saturated carbocycles. The lowest BCUT2D eigenvalue weighted by Crippen LogP contribution is -2.34. The van der Waals surface area contributed by atoms with E-state index in [4.69, 9.17) is 16.3 Å². The number of benzene rings is 3. The highest BCUT2D eigenvalue weighted by atomic mass is 35.5. The first-order valence-electron chi connectivity index (χ1n) is 10.8. The van der Waals surface area contributed by atoms with Gasteiger partial charge in [-0.15, -0.1) is 0 Å². The van der Waals surface area contributed by atoms with Gasteiger partial charge in [0, 0.05) is 18.1 Å². The van der Waals surface area contributed by atoms with Gasteiger partial charge >= 0.3 is 5.97 Å².